The summed E-state index contributed by atoms with van der Waals surface area (Å²) in [5.41, 5.74) is 3.53. The molecule has 21 heavy (non-hydrogen) atoms. The summed E-state index contributed by atoms with van der Waals surface area (Å²) in [6, 6.07) is 18.6. The molecule has 3 heteroatoms. The van der Waals surface area contributed by atoms with Crippen LogP contribution in [0, 0.1) is 0 Å². The van der Waals surface area contributed by atoms with Crippen LogP contribution < -0.4 is 0 Å². The Morgan fingerprint density at radius 2 is 1.52 bits per heavy atom. The van der Waals surface area contributed by atoms with Crippen LogP contribution in [0.4, 0.5) is 0 Å². The molecule has 2 nitrogen and oxygen atoms in total. The molecule has 0 aliphatic carbocycles. The van der Waals surface area contributed by atoms with Crippen LogP contribution >= 0.6 is 0 Å². The lowest BCUT2D eigenvalue weighted by molar-refractivity contribution is 0.651. The third kappa shape index (κ3) is 4.94. The van der Waals surface area contributed by atoms with Crippen molar-refractivity contribution in [3.63, 3.8) is 0 Å². The van der Waals surface area contributed by atoms with E-state index >= 15 is 0 Å². The first-order valence-corrected chi connectivity index (χ1v) is 8.15. The maximum atomic E-state index is 11.9. The summed E-state index contributed by atoms with van der Waals surface area (Å²) in [7, 11) is -1.21. The van der Waals surface area contributed by atoms with Gasteiger partial charge in [-0.3, -0.25) is 0 Å². The fourth-order valence-corrected chi connectivity index (χ4v) is 2.35. The highest BCUT2D eigenvalue weighted by Gasteiger charge is 2.17. The van der Waals surface area contributed by atoms with E-state index in [0.29, 0.717) is 0 Å². The Balaban J connectivity index is 2.03. The van der Waals surface area contributed by atoms with Gasteiger partial charge in [0.15, 0.2) is 0 Å². The Labute approximate surface area is 129 Å². The maximum Gasteiger partial charge on any atom is 0.144 e. The van der Waals surface area contributed by atoms with Gasteiger partial charge in [-0.15, -0.1) is 0 Å². The second-order valence-electron chi connectivity index (χ2n) is 6.00. The van der Waals surface area contributed by atoms with Crippen molar-refractivity contribution in [2.24, 2.45) is 4.40 Å². The zero-order chi connectivity index (χ0) is 15.3. The summed E-state index contributed by atoms with van der Waals surface area (Å²) in [6.45, 7) is 5.76. The molecule has 0 bridgehead atoms. The number of nitrogens with zero attached hydrogens (tertiary/aromatic N) is 1. The highest BCUT2D eigenvalue weighted by Crippen LogP contribution is 2.13. The highest BCUT2D eigenvalue weighted by molar-refractivity contribution is 7.85. The molecule has 0 heterocycles. The van der Waals surface area contributed by atoms with Gasteiger partial charge in [0.05, 0.1) is 4.75 Å². The molecule has 2 aromatic rings. The number of rotatable bonds is 4. The van der Waals surface area contributed by atoms with Crippen LogP contribution in [0.25, 0.3) is 0 Å². The van der Waals surface area contributed by atoms with Gasteiger partial charge in [-0.1, -0.05) is 54.6 Å². The molecule has 1 atom stereocenters. The Kier molecular flexibility index (Phi) is 5.07. The largest absolute Gasteiger partial charge is 0.234 e. The minimum atomic E-state index is -1.21. The van der Waals surface area contributed by atoms with Gasteiger partial charge in [0.25, 0.3) is 0 Å². The van der Waals surface area contributed by atoms with Crippen LogP contribution in [-0.4, -0.2) is 15.2 Å². The SMILES string of the molecule is CC(C)(C)S(=O)N=Cc1ccc(Cc2ccccc2)cc1. The second kappa shape index (κ2) is 6.81. The molecule has 0 N–H and O–H groups in total. The normalized spacial score (nSPS) is 13.5. The third-order valence-electron chi connectivity index (χ3n) is 3.05. The Hall–Kier alpha value is -1.74. The molecule has 0 amide bonds. The van der Waals surface area contributed by atoms with Gasteiger partial charge in [-0.2, -0.15) is 4.40 Å². The van der Waals surface area contributed by atoms with E-state index in [-0.39, 0.29) is 4.75 Å². The average Bonchev–Trinajstić information content (AvgIpc) is 2.46. The lowest BCUT2D eigenvalue weighted by Gasteiger charge is -2.12. The van der Waals surface area contributed by atoms with E-state index in [2.05, 4.69) is 40.8 Å². The van der Waals surface area contributed by atoms with Crippen LogP contribution in [0.2, 0.25) is 0 Å². The van der Waals surface area contributed by atoms with E-state index in [1.165, 1.54) is 11.1 Å². The van der Waals surface area contributed by atoms with Gasteiger partial charge in [0, 0.05) is 6.21 Å². The first-order valence-electron chi connectivity index (χ1n) is 7.04. The number of hydrogen-bond donors (Lipinski definition) is 0. The molecule has 0 fully saturated rings. The van der Waals surface area contributed by atoms with Crippen LogP contribution in [0.5, 0.6) is 0 Å². The van der Waals surface area contributed by atoms with Gasteiger partial charge in [0.1, 0.15) is 11.0 Å². The van der Waals surface area contributed by atoms with Gasteiger partial charge in [-0.05, 0) is 43.9 Å². The zero-order valence-corrected chi connectivity index (χ0v) is 13.6. The second-order valence-corrected chi connectivity index (χ2v) is 7.93. The molecule has 0 aromatic heterocycles. The summed E-state index contributed by atoms with van der Waals surface area (Å²) in [4.78, 5) is 0. The minimum absolute atomic E-state index is 0.316. The predicted molar refractivity (Wildman–Crippen MR) is 91.2 cm³/mol. The monoisotopic (exact) mass is 299 g/mol. The Morgan fingerprint density at radius 1 is 0.952 bits per heavy atom. The summed E-state index contributed by atoms with van der Waals surface area (Å²) in [5.74, 6) is 0. The van der Waals surface area contributed by atoms with E-state index in [1.54, 1.807) is 6.21 Å². The van der Waals surface area contributed by atoms with Crippen LogP contribution in [-0.2, 0) is 17.4 Å². The fourth-order valence-electron chi connectivity index (χ4n) is 1.82. The van der Waals surface area contributed by atoms with E-state index < -0.39 is 11.0 Å². The lowest BCUT2D eigenvalue weighted by atomic mass is 10.0. The van der Waals surface area contributed by atoms with E-state index in [4.69, 9.17) is 0 Å². The van der Waals surface area contributed by atoms with Crippen molar-refractivity contribution in [1.82, 2.24) is 0 Å². The standard InChI is InChI=1S/C18H21NOS/c1-18(2,3)21(20)19-14-17-11-9-16(10-12-17)13-15-7-5-4-6-8-15/h4-12,14H,13H2,1-3H3. The van der Waals surface area contributed by atoms with E-state index in [9.17, 15) is 4.21 Å². The van der Waals surface area contributed by atoms with Crippen LogP contribution in [0.15, 0.2) is 59.0 Å². The van der Waals surface area contributed by atoms with Gasteiger partial charge in [-0.25, -0.2) is 4.21 Å². The molecular formula is C18H21NOS. The van der Waals surface area contributed by atoms with Crippen molar-refractivity contribution < 1.29 is 4.21 Å². The molecule has 0 aliphatic heterocycles. The van der Waals surface area contributed by atoms with E-state index in [1.807, 2.05) is 39.0 Å². The lowest BCUT2D eigenvalue weighted by Crippen LogP contribution is -2.19. The van der Waals surface area contributed by atoms with Gasteiger partial charge in [0.2, 0.25) is 0 Å². The highest BCUT2D eigenvalue weighted by atomic mass is 32.2. The molecule has 2 rings (SSSR count). The fraction of sp³-hybridized carbons (Fsp3) is 0.278. The summed E-state index contributed by atoms with van der Waals surface area (Å²) < 4.78 is 15.7. The molecule has 110 valence electrons. The summed E-state index contributed by atoms with van der Waals surface area (Å²) in [6.07, 6.45) is 2.61. The smallest absolute Gasteiger partial charge is 0.144 e. The van der Waals surface area contributed by atoms with Crippen molar-refractivity contribution in [3.05, 3.63) is 71.3 Å². The Bertz CT molecular complexity index is 625. The maximum absolute atomic E-state index is 11.9. The zero-order valence-electron chi connectivity index (χ0n) is 12.7. The molecule has 1 unspecified atom stereocenters. The molecule has 0 radical (unpaired) electrons. The van der Waals surface area contributed by atoms with Crippen LogP contribution in [0.1, 0.15) is 37.5 Å². The predicted octanol–water partition coefficient (Wildman–Crippen LogP) is 4.16. The summed E-state index contributed by atoms with van der Waals surface area (Å²) >= 11 is 0. The van der Waals surface area contributed by atoms with Crippen molar-refractivity contribution >= 4 is 17.2 Å². The minimum Gasteiger partial charge on any atom is -0.234 e. The molecule has 0 saturated heterocycles. The van der Waals surface area contributed by atoms with Crippen molar-refractivity contribution in [3.8, 4) is 0 Å². The molecule has 0 aliphatic rings. The Morgan fingerprint density at radius 3 is 2.10 bits per heavy atom. The van der Waals surface area contributed by atoms with Gasteiger partial charge < -0.3 is 0 Å². The number of benzene rings is 2. The van der Waals surface area contributed by atoms with Crippen LogP contribution in [0.3, 0.4) is 0 Å². The number of hydrogen-bond acceptors (Lipinski definition) is 1. The average molecular weight is 299 g/mol. The summed E-state index contributed by atoms with van der Waals surface area (Å²) in [5, 5.41) is 0. The van der Waals surface area contributed by atoms with Crippen molar-refractivity contribution in [2.75, 3.05) is 0 Å². The molecular weight excluding hydrogens is 278 g/mol. The molecule has 0 saturated carbocycles. The third-order valence-corrected chi connectivity index (χ3v) is 4.40. The topological polar surface area (TPSA) is 29.4 Å². The van der Waals surface area contributed by atoms with Gasteiger partial charge >= 0.3 is 0 Å². The molecule has 0 spiro atoms. The van der Waals surface area contributed by atoms with Crippen molar-refractivity contribution in [2.45, 2.75) is 31.9 Å². The molecule has 2 aromatic carbocycles. The quantitative estimate of drug-likeness (QED) is 0.780. The first-order chi connectivity index (χ1) is 9.95. The van der Waals surface area contributed by atoms with Crippen molar-refractivity contribution in [1.29, 1.82) is 0 Å². The first kappa shape index (κ1) is 15.6. The van der Waals surface area contributed by atoms with E-state index in [0.717, 1.165) is 12.0 Å².